The molecule has 0 aliphatic rings. The fourth-order valence-electron chi connectivity index (χ4n) is 8.57. The van der Waals surface area contributed by atoms with E-state index >= 15 is 0 Å². The third kappa shape index (κ3) is 49.4. The molecule has 6 heteroatoms. The van der Waals surface area contributed by atoms with Gasteiger partial charge in [0.25, 0.3) is 0 Å². The minimum absolute atomic E-state index is 0.0626. The van der Waals surface area contributed by atoms with Crippen LogP contribution in [-0.2, 0) is 28.6 Å². The lowest BCUT2D eigenvalue weighted by Crippen LogP contribution is -2.30. The topological polar surface area (TPSA) is 78.9 Å². The molecular formula is C56H108O6. The van der Waals surface area contributed by atoms with Crippen molar-refractivity contribution in [1.29, 1.82) is 0 Å². The minimum atomic E-state index is -0.761. The Bertz CT molecular complexity index is 933. The number of carbonyl (C=O) groups is 3. The second kappa shape index (κ2) is 50.4. The number of hydrogen-bond donors (Lipinski definition) is 0. The third-order valence-electron chi connectivity index (χ3n) is 12.8. The summed E-state index contributed by atoms with van der Waals surface area (Å²) >= 11 is 0. The molecule has 0 saturated carbocycles. The molecule has 0 fully saturated rings. The van der Waals surface area contributed by atoms with Crippen molar-refractivity contribution in [1.82, 2.24) is 0 Å². The van der Waals surface area contributed by atoms with E-state index in [2.05, 4.69) is 27.7 Å². The van der Waals surface area contributed by atoms with Crippen molar-refractivity contribution in [2.24, 2.45) is 5.92 Å². The number of unbranched alkanes of at least 4 members (excludes halogenated alkanes) is 38. The molecule has 0 aliphatic carbocycles. The van der Waals surface area contributed by atoms with Crippen LogP contribution in [0.15, 0.2) is 0 Å². The fourth-order valence-corrected chi connectivity index (χ4v) is 8.57. The summed E-state index contributed by atoms with van der Waals surface area (Å²) in [5.41, 5.74) is 0. The van der Waals surface area contributed by atoms with Crippen LogP contribution in [-0.4, -0.2) is 37.2 Å². The highest BCUT2D eigenvalue weighted by molar-refractivity contribution is 5.71. The zero-order valence-corrected chi connectivity index (χ0v) is 42.3. The molecule has 0 radical (unpaired) electrons. The first kappa shape index (κ1) is 60.4. The maximum atomic E-state index is 12.8. The van der Waals surface area contributed by atoms with E-state index < -0.39 is 6.10 Å². The second-order valence-corrected chi connectivity index (χ2v) is 19.7. The van der Waals surface area contributed by atoms with Gasteiger partial charge in [0.05, 0.1) is 0 Å². The summed E-state index contributed by atoms with van der Waals surface area (Å²) in [6.45, 7) is 9.01. The summed E-state index contributed by atoms with van der Waals surface area (Å²) in [7, 11) is 0. The van der Waals surface area contributed by atoms with E-state index in [1.54, 1.807) is 0 Å². The van der Waals surface area contributed by atoms with Gasteiger partial charge in [0.15, 0.2) is 6.10 Å². The second-order valence-electron chi connectivity index (χ2n) is 19.7. The Hall–Kier alpha value is -1.59. The zero-order valence-electron chi connectivity index (χ0n) is 42.3. The molecule has 6 nitrogen and oxygen atoms in total. The molecule has 0 heterocycles. The molecule has 0 rings (SSSR count). The number of esters is 3. The Kier molecular flexibility index (Phi) is 49.1. The van der Waals surface area contributed by atoms with Gasteiger partial charge < -0.3 is 14.2 Å². The molecule has 0 unspecified atom stereocenters. The standard InChI is InChI=1S/C56H108O6/c1-5-7-9-11-13-15-17-19-21-22-23-25-26-28-30-35-39-43-47-54(57)60-50-53(51-61-55(58)48-44-40-36-33-32-34-38-42-46-52(3)4)62-56(59)49-45-41-37-31-29-27-24-20-18-16-14-12-10-8-6-2/h52-53H,5-51H2,1-4H3/t53-/m0/s1. The van der Waals surface area contributed by atoms with Crippen LogP contribution in [0.1, 0.15) is 317 Å². The molecule has 0 aromatic rings. The van der Waals surface area contributed by atoms with Crippen LogP contribution in [0.2, 0.25) is 0 Å². The zero-order chi connectivity index (χ0) is 45.2. The summed E-state index contributed by atoms with van der Waals surface area (Å²) < 4.78 is 16.8. The SMILES string of the molecule is CCCCCCCCCCCCCCCCCCCCC(=O)OC[C@@H](COC(=O)CCCCCCCCCCC(C)C)OC(=O)CCCCCCCCCCCCCCCCC. The van der Waals surface area contributed by atoms with E-state index in [-0.39, 0.29) is 31.1 Å². The first-order chi connectivity index (χ1) is 30.4. The Morgan fingerprint density at radius 1 is 0.306 bits per heavy atom. The van der Waals surface area contributed by atoms with E-state index in [1.165, 1.54) is 212 Å². The maximum Gasteiger partial charge on any atom is 0.306 e. The van der Waals surface area contributed by atoms with Crippen molar-refractivity contribution in [2.75, 3.05) is 13.2 Å². The molecule has 0 aromatic carbocycles. The quantitative estimate of drug-likeness (QED) is 0.0344. The van der Waals surface area contributed by atoms with Gasteiger partial charge in [-0.05, 0) is 25.2 Å². The van der Waals surface area contributed by atoms with E-state index in [0.717, 1.165) is 63.7 Å². The predicted octanol–water partition coefficient (Wildman–Crippen LogP) is 18.2. The van der Waals surface area contributed by atoms with Crippen LogP contribution < -0.4 is 0 Å². The van der Waals surface area contributed by atoms with Gasteiger partial charge in [0, 0.05) is 19.3 Å². The molecule has 368 valence electrons. The van der Waals surface area contributed by atoms with Crippen molar-refractivity contribution < 1.29 is 28.6 Å². The molecule has 0 aromatic heterocycles. The van der Waals surface area contributed by atoms with Gasteiger partial charge in [-0.3, -0.25) is 14.4 Å². The highest BCUT2D eigenvalue weighted by Crippen LogP contribution is 2.18. The lowest BCUT2D eigenvalue weighted by Gasteiger charge is -2.18. The Balaban J connectivity index is 4.26. The van der Waals surface area contributed by atoms with Crippen molar-refractivity contribution in [3.8, 4) is 0 Å². The lowest BCUT2D eigenvalue weighted by atomic mass is 10.0. The average Bonchev–Trinajstić information content (AvgIpc) is 3.26. The summed E-state index contributed by atoms with van der Waals surface area (Å²) in [6, 6.07) is 0. The maximum absolute atomic E-state index is 12.8. The van der Waals surface area contributed by atoms with Gasteiger partial charge in [-0.2, -0.15) is 0 Å². The summed E-state index contributed by atoms with van der Waals surface area (Å²) in [5, 5.41) is 0. The molecule has 62 heavy (non-hydrogen) atoms. The highest BCUT2D eigenvalue weighted by atomic mass is 16.6. The smallest absolute Gasteiger partial charge is 0.306 e. The summed E-state index contributed by atoms with van der Waals surface area (Å²) in [5.74, 6) is -0.0445. The minimum Gasteiger partial charge on any atom is -0.462 e. The number of carbonyl (C=O) groups excluding carboxylic acids is 3. The number of hydrogen-bond acceptors (Lipinski definition) is 6. The largest absolute Gasteiger partial charge is 0.462 e. The van der Waals surface area contributed by atoms with Crippen LogP contribution >= 0.6 is 0 Å². The molecule has 0 bridgehead atoms. The van der Waals surface area contributed by atoms with Crippen LogP contribution in [0.4, 0.5) is 0 Å². The Morgan fingerprint density at radius 3 is 0.790 bits per heavy atom. The monoisotopic (exact) mass is 877 g/mol. The van der Waals surface area contributed by atoms with Crippen molar-refractivity contribution in [2.45, 2.75) is 323 Å². The third-order valence-corrected chi connectivity index (χ3v) is 12.8. The number of ether oxygens (including phenoxy) is 3. The average molecular weight is 877 g/mol. The van der Waals surface area contributed by atoms with E-state index in [1.807, 2.05) is 0 Å². The van der Waals surface area contributed by atoms with E-state index in [4.69, 9.17) is 14.2 Å². The Labute approximate surface area is 387 Å². The summed E-state index contributed by atoms with van der Waals surface area (Å²) in [6.07, 6.45) is 53.8. The molecule has 1 atom stereocenters. The highest BCUT2D eigenvalue weighted by Gasteiger charge is 2.19. The van der Waals surface area contributed by atoms with Gasteiger partial charge >= 0.3 is 17.9 Å². The number of rotatable bonds is 51. The molecule has 0 N–H and O–H groups in total. The molecule has 0 aliphatic heterocycles. The van der Waals surface area contributed by atoms with E-state index in [9.17, 15) is 14.4 Å². The van der Waals surface area contributed by atoms with Crippen molar-refractivity contribution in [3.63, 3.8) is 0 Å². The van der Waals surface area contributed by atoms with Crippen LogP contribution in [0.5, 0.6) is 0 Å². The lowest BCUT2D eigenvalue weighted by molar-refractivity contribution is -0.167. The van der Waals surface area contributed by atoms with Gasteiger partial charge in [-0.15, -0.1) is 0 Å². The first-order valence-electron chi connectivity index (χ1n) is 27.9. The van der Waals surface area contributed by atoms with Crippen molar-refractivity contribution in [3.05, 3.63) is 0 Å². The van der Waals surface area contributed by atoms with Crippen LogP contribution in [0.25, 0.3) is 0 Å². The molecule has 0 saturated heterocycles. The molecule has 0 spiro atoms. The normalized spacial score (nSPS) is 12.0. The first-order valence-corrected chi connectivity index (χ1v) is 27.9. The van der Waals surface area contributed by atoms with Crippen LogP contribution in [0.3, 0.4) is 0 Å². The fraction of sp³-hybridized carbons (Fsp3) is 0.946. The predicted molar refractivity (Wildman–Crippen MR) is 266 cm³/mol. The van der Waals surface area contributed by atoms with E-state index in [0.29, 0.717) is 19.3 Å². The van der Waals surface area contributed by atoms with Gasteiger partial charge in [0.2, 0.25) is 0 Å². The van der Waals surface area contributed by atoms with Gasteiger partial charge in [0.1, 0.15) is 13.2 Å². The van der Waals surface area contributed by atoms with Crippen LogP contribution in [0, 0.1) is 5.92 Å². The Morgan fingerprint density at radius 2 is 0.532 bits per heavy atom. The summed E-state index contributed by atoms with van der Waals surface area (Å²) in [4.78, 5) is 38.0. The molecular weight excluding hydrogens is 769 g/mol. The van der Waals surface area contributed by atoms with Gasteiger partial charge in [-0.25, -0.2) is 0 Å². The molecule has 0 amide bonds. The van der Waals surface area contributed by atoms with Crippen molar-refractivity contribution >= 4 is 17.9 Å². The van der Waals surface area contributed by atoms with Gasteiger partial charge in [-0.1, -0.05) is 278 Å².